The Morgan fingerprint density at radius 2 is 1.79 bits per heavy atom. The molecule has 0 spiro atoms. The van der Waals surface area contributed by atoms with Crippen molar-refractivity contribution < 1.29 is 0 Å². The minimum Gasteiger partial charge on any atom is -0.343 e. The summed E-state index contributed by atoms with van der Waals surface area (Å²) >= 11 is 0. The van der Waals surface area contributed by atoms with E-state index in [1.165, 1.54) is 16.7 Å². The molecule has 0 aliphatic carbocycles. The number of rotatable bonds is 3. The molecule has 6 nitrogen and oxygen atoms in total. The molecule has 1 aromatic heterocycles. The first kappa shape index (κ1) is 20.0. The van der Waals surface area contributed by atoms with Crippen molar-refractivity contribution in [2.24, 2.45) is 4.99 Å². The molecule has 0 bridgehead atoms. The average molecular weight is 397 g/mol. The van der Waals surface area contributed by atoms with Gasteiger partial charge in [0.15, 0.2) is 0 Å². The first-order valence-corrected chi connectivity index (χ1v) is 9.16. The summed E-state index contributed by atoms with van der Waals surface area (Å²) in [4.78, 5) is 16.1. The fourth-order valence-electron chi connectivity index (χ4n) is 3.20. The van der Waals surface area contributed by atoms with Gasteiger partial charge in [0, 0.05) is 11.9 Å². The van der Waals surface area contributed by atoms with Crippen LogP contribution in [0.3, 0.4) is 0 Å². The number of aryl methyl sites for hydroxylation is 3. The van der Waals surface area contributed by atoms with Gasteiger partial charge >= 0.3 is 0 Å². The Kier molecular flexibility index (Phi) is 6.11. The molecule has 4 rings (SSSR count). The van der Waals surface area contributed by atoms with E-state index in [4.69, 9.17) is 0 Å². The number of guanidine groups is 1. The number of aromatic nitrogens is 2. The highest BCUT2D eigenvalue weighted by molar-refractivity contribution is 5.93. The molecule has 1 aliphatic heterocycles. The lowest BCUT2D eigenvalue weighted by molar-refractivity contribution is 0.256. The molecule has 28 heavy (non-hydrogen) atoms. The maximum Gasteiger partial charge on any atom is 0.230 e. The molecule has 2 N–H and O–H groups in total. The molecule has 1 aliphatic rings. The fraction of sp³-hybridized carbons (Fsp3) is 0.286. The Hall–Kier alpha value is -2.70. The largest absolute Gasteiger partial charge is 0.343 e. The summed E-state index contributed by atoms with van der Waals surface area (Å²) in [5, 5.41) is 7.63. The number of halogens is 1. The fourth-order valence-corrected chi connectivity index (χ4v) is 3.20. The molecule has 2 aromatic carbocycles. The van der Waals surface area contributed by atoms with Crippen LogP contribution in [0.2, 0.25) is 0 Å². The molecule has 146 valence electrons. The van der Waals surface area contributed by atoms with Gasteiger partial charge in [-0.15, -0.1) is 12.4 Å². The summed E-state index contributed by atoms with van der Waals surface area (Å²) in [5.41, 5.74) is 5.69. The monoisotopic (exact) mass is 396 g/mol. The molecular weight excluding hydrogens is 372 g/mol. The van der Waals surface area contributed by atoms with Gasteiger partial charge in [0.1, 0.15) is 0 Å². The summed E-state index contributed by atoms with van der Waals surface area (Å²) in [7, 11) is 0. The number of hydrogen-bond acceptors (Lipinski definition) is 6. The van der Waals surface area contributed by atoms with E-state index in [1.807, 2.05) is 13.0 Å². The summed E-state index contributed by atoms with van der Waals surface area (Å²) in [5.74, 6) is 1.29. The molecule has 0 amide bonds. The van der Waals surface area contributed by atoms with Crippen LogP contribution in [0.25, 0.3) is 10.9 Å². The highest BCUT2D eigenvalue weighted by Gasteiger charge is 2.14. The van der Waals surface area contributed by atoms with Crippen LogP contribution in [0.4, 0.5) is 5.95 Å². The van der Waals surface area contributed by atoms with Crippen LogP contribution in [-0.4, -0.2) is 34.2 Å². The van der Waals surface area contributed by atoms with Crippen LogP contribution >= 0.6 is 12.4 Å². The molecular formula is C21H25ClN6. The van der Waals surface area contributed by atoms with Crippen LogP contribution in [-0.2, 0) is 6.54 Å². The van der Waals surface area contributed by atoms with Crippen molar-refractivity contribution in [2.45, 2.75) is 27.3 Å². The Bertz CT molecular complexity index is 1000. The van der Waals surface area contributed by atoms with E-state index in [2.05, 4.69) is 80.7 Å². The third-order valence-electron chi connectivity index (χ3n) is 4.88. The molecule has 0 fully saturated rings. The first-order valence-electron chi connectivity index (χ1n) is 9.16. The maximum absolute atomic E-state index is 4.66. The second-order valence-corrected chi connectivity index (χ2v) is 7.01. The number of anilines is 1. The van der Waals surface area contributed by atoms with Gasteiger partial charge in [-0.05, 0) is 49.6 Å². The molecule has 3 aromatic rings. The minimum absolute atomic E-state index is 0. The number of hydrogen-bond donors (Lipinski definition) is 2. The zero-order valence-electron chi connectivity index (χ0n) is 16.4. The quantitative estimate of drug-likeness (QED) is 0.705. The third kappa shape index (κ3) is 4.40. The second kappa shape index (κ2) is 8.54. The number of nitrogens with one attached hydrogen (secondary N) is 2. The predicted octanol–water partition coefficient (Wildman–Crippen LogP) is 3.77. The van der Waals surface area contributed by atoms with E-state index in [1.54, 1.807) is 0 Å². The Morgan fingerprint density at radius 3 is 2.50 bits per heavy atom. The molecule has 7 heteroatoms. The zero-order chi connectivity index (χ0) is 18.8. The van der Waals surface area contributed by atoms with Crippen molar-refractivity contribution in [1.82, 2.24) is 20.2 Å². The second-order valence-electron chi connectivity index (χ2n) is 7.01. The standard InChI is InChI=1S/C21H24N6.ClH/c1-14-9-18-16(3)24-21(25-19(18)10-15(14)2)26-20-22-12-27(13-23-20)11-17-7-5-4-6-8-17;/h4-10H,11-13H2,1-3H3,(H2,22,23,24,25,26);1H. The van der Waals surface area contributed by atoms with E-state index in [9.17, 15) is 0 Å². The van der Waals surface area contributed by atoms with Crippen LogP contribution in [0.1, 0.15) is 22.4 Å². The lowest BCUT2D eigenvalue weighted by atomic mass is 10.1. The number of benzene rings is 2. The Balaban J connectivity index is 0.00000225. The van der Waals surface area contributed by atoms with Gasteiger partial charge < -0.3 is 5.32 Å². The van der Waals surface area contributed by atoms with Crippen molar-refractivity contribution in [3.8, 4) is 0 Å². The van der Waals surface area contributed by atoms with Gasteiger partial charge in [-0.3, -0.25) is 10.2 Å². The van der Waals surface area contributed by atoms with Crippen molar-refractivity contribution in [3.63, 3.8) is 0 Å². The zero-order valence-corrected chi connectivity index (χ0v) is 17.2. The Morgan fingerprint density at radius 1 is 1.04 bits per heavy atom. The highest BCUT2D eigenvalue weighted by Crippen LogP contribution is 2.21. The maximum atomic E-state index is 4.66. The van der Waals surface area contributed by atoms with Gasteiger partial charge in [-0.1, -0.05) is 30.3 Å². The van der Waals surface area contributed by atoms with Crippen molar-refractivity contribution >= 4 is 35.2 Å². The van der Waals surface area contributed by atoms with Gasteiger partial charge in [0.05, 0.1) is 24.5 Å². The summed E-state index contributed by atoms with van der Waals surface area (Å²) in [6.45, 7) is 8.47. The Labute approximate surface area is 171 Å². The molecule has 0 saturated heterocycles. The van der Waals surface area contributed by atoms with Crippen LogP contribution in [0.15, 0.2) is 47.5 Å². The van der Waals surface area contributed by atoms with E-state index in [0.29, 0.717) is 18.6 Å². The lowest BCUT2D eigenvalue weighted by Crippen LogP contribution is -2.45. The van der Waals surface area contributed by atoms with E-state index < -0.39 is 0 Å². The summed E-state index contributed by atoms with van der Waals surface area (Å²) in [6.07, 6.45) is 0. The van der Waals surface area contributed by atoms with Gasteiger partial charge in [0.2, 0.25) is 11.9 Å². The number of aliphatic imine (C=N–C) groups is 1. The summed E-state index contributed by atoms with van der Waals surface area (Å²) < 4.78 is 0. The first-order chi connectivity index (χ1) is 13.1. The molecule has 0 radical (unpaired) electrons. The molecule has 0 saturated carbocycles. The van der Waals surface area contributed by atoms with Crippen molar-refractivity contribution in [3.05, 3.63) is 64.8 Å². The van der Waals surface area contributed by atoms with Gasteiger partial charge in [-0.2, -0.15) is 0 Å². The van der Waals surface area contributed by atoms with Crippen LogP contribution < -0.4 is 10.6 Å². The minimum atomic E-state index is 0. The number of fused-ring (bicyclic) bond motifs is 1. The highest BCUT2D eigenvalue weighted by atomic mass is 35.5. The molecule has 0 unspecified atom stereocenters. The normalized spacial score (nSPS) is 14.2. The van der Waals surface area contributed by atoms with Gasteiger partial charge in [-0.25, -0.2) is 15.0 Å². The number of nitrogens with zero attached hydrogens (tertiary/aromatic N) is 4. The predicted molar refractivity (Wildman–Crippen MR) is 117 cm³/mol. The molecule has 0 atom stereocenters. The van der Waals surface area contributed by atoms with Crippen LogP contribution in [0, 0.1) is 20.8 Å². The van der Waals surface area contributed by atoms with Crippen molar-refractivity contribution in [2.75, 3.05) is 18.7 Å². The third-order valence-corrected chi connectivity index (χ3v) is 4.88. The lowest BCUT2D eigenvalue weighted by Gasteiger charge is -2.26. The van der Waals surface area contributed by atoms with E-state index in [0.717, 1.165) is 29.8 Å². The SMILES string of the molecule is Cc1cc2nc(NC3=NCN(Cc4ccccc4)CN3)nc(C)c2cc1C.Cl. The smallest absolute Gasteiger partial charge is 0.230 e. The van der Waals surface area contributed by atoms with E-state index in [-0.39, 0.29) is 12.4 Å². The van der Waals surface area contributed by atoms with Gasteiger partial charge in [0.25, 0.3) is 0 Å². The van der Waals surface area contributed by atoms with Crippen molar-refractivity contribution in [1.29, 1.82) is 0 Å². The summed E-state index contributed by atoms with van der Waals surface area (Å²) in [6, 6.07) is 14.7. The topological polar surface area (TPSA) is 65.4 Å². The van der Waals surface area contributed by atoms with E-state index >= 15 is 0 Å². The average Bonchev–Trinajstić information content (AvgIpc) is 2.66. The van der Waals surface area contributed by atoms with Crippen LogP contribution in [0.5, 0.6) is 0 Å². The molecule has 2 heterocycles.